The first-order valence-corrected chi connectivity index (χ1v) is 5.47. The Labute approximate surface area is 88.4 Å². The van der Waals surface area contributed by atoms with Crippen molar-refractivity contribution in [2.75, 3.05) is 13.1 Å². The summed E-state index contributed by atoms with van der Waals surface area (Å²) in [6, 6.07) is 8.08. The molecule has 78 valence electrons. The predicted molar refractivity (Wildman–Crippen MR) is 58.7 cm³/mol. The van der Waals surface area contributed by atoms with Gasteiger partial charge >= 0.3 is 0 Å². The van der Waals surface area contributed by atoms with Crippen LogP contribution >= 0.6 is 0 Å². The second-order valence-electron chi connectivity index (χ2n) is 4.19. The van der Waals surface area contributed by atoms with Gasteiger partial charge in [-0.25, -0.2) is 0 Å². The topological polar surface area (TPSA) is 38.1 Å². The van der Waals surface area contributed by atoms with E-state index in [0.717, 1.165) is 36.7 Å². The van der Waals surface area contributed by atoms with Crippen molar-refractivity contribution in [3.8, 4) is 0 Å². The van der Waals surface area contributed by atoms with Crippen LogP contribution in [0.5, 0.6) is 0 Å². The fourth-order valence-corrected chi connectivity index (χ4v) is 2.25. The van der Waals surface area contributed by atoms with Gasteiger partial charge in [-0.3, -0.25) is 0 Å². The molecule has 0 radical (unpaired) electrons. The van der Waals surface area contributed by atoms with Gasteiger partial charge in [-0.1, -0.05) is 17.3 Å². The third kappa shape index (κ3) is 1.63. The molecule has 1 saturated heterocycles. The van der Waals surface area contributed by atoms with Crippen LogP contribution in [0.1, 0.15) is 12.1 Å². The van der Waals surface area contributed by atoms with Crippen LogP contribution in [-0.4, -0.2) is 18.2 Å². The van der Waals surface area contributed by atoms with Crippen molar-refractivity contribution in [1.29, 1.82) is 0 Å². The second-order valence-corrected chi connectivity index (χ2v) is 4.19. The molecular weight excluding hydrogens is 188 g/mol. The number of aromatic nitrogens is 1. The van der Waals surface area contributed by atoms with E-state index in [1.807, 2.05) is 18.2 Å². The lowest BCUT2D eigenvalue weighted by atomic mass is 10.0. The smallest absolute Gasteiger partial charge is 0.167 e. The summed E-state index contributed by atoms with van der Waals surface area (Å²) < 4.78 is 5.29. The Morgan fingerprint density at radius 2 is 2.33 bits per heavy atom. The molecule has 0 spiro atoms. The zero-order valence-corrected chi connectivity index (χ0v) is 8.57. The van der Waals surface area contributed by atoms with Crippen molar-refractivity contribution in [3.05, 3.63) is 30.0 Å². The van der Waals surface area contributed by atoms with E-state index in [0.29, 0.717) is 0 Å². The molecule has 0 amide bonds. The van der Waals surface area contributed by atoms with E-state index in [9.17, 15) is 0 Å². The van der Waals surface area contributed by atoms with E-state index < -0.39 is 0 Å². The van der Waals surface area contributed by atoms with Crippen LogP contribution in [0.2, 0.25) is 0 Å². The third-order valence-corrected chi connectivity index (χ3v) is 3.10. The molecule has 1 unspecified atom stereocenters. The number of hydrogen-bond acceptors (Lipinski definition) is 3. The Bertz CT molecular complexity index is 457. The first-order chi connectivity index (χ1) is 7.43. The molecule has 1 aromatic carbocycles. The summed E-state index contributed by atoms with van der Waals surface area (Å²) >= 11 is 0. The normalized spacial score (nSPS) is 21.2. The molecule has 3 nitrogen and oxygen atoms in total. The van der Waals surface area contributed by atoms with Crippen molar-refractivity contribution in [2.45, 2.75) is 12.8 Å². The number of fused-ring (bicyclic) bond motifs is 1. The highest BCUT2D eigenvalue weighted by atomic mass is 16.5. The number of benzene rings is 1. The molecule has 1 fully saturated rings. The summed E-state index contributed by atoms with van der Waals surface area (Å²) in [5, 5.41) is 8.70. The predicted octanol–water partition coefficient (Wildman–Crippen LogP) is 1.98. The van der Waals surface area contributed by atoms with Gasteiger partial charge < -0.3 is 9.84 Å². The molecule has 1 aliphatic rings. The summed E-state index contributed by atoms with van der Waals surface area (Å²) in [6.07, 6.45) is 2.28. The lowest BCUT2D eigenvalue weighted by Crippen LogP contribution is -2.10. The first kappa shape index (κ1) is 8.92. The molecule has 2 heterocycles. The van der Waals surface area contributed by atoms with Gasteiger partial charge in [-0.15, -0.1) is 0 Å². The SMILES string of the molecule is c1ccc2c(CC3CCNC3)noc2c1. The maximum absolute atomic E-state index is 5.29. The van der Waals surface area contributed by atoms with Gasteiger partial charge in [-0.05, 0) is 44.0 Å². The van der Waals surface area contributed by atoms with Gasteiger partial charge in [0.2, 0.25) is 0 Å². The van der Waals surface area contributed by atoms with Crippen LogP contribution in [0.25, 0.3) is 11.0 Å². The number of rotatable bonds is 2. The van der Waals surface area contributed by atoms with Gasteiger partial charge in [0.25, 0.3) is 0 Å². The van der Waals surface area contributed by atoms with Crippen LogP contribution in [0, 0.1) is 5.92 Å². The summed E-state index contributed by atoms with van der Waals surface area (Å²) in [7, 11) is 0. The van der Waals surface area contributed by atoms with Crippen molar-refractivity contribution in [2.24, 2.45) is 5.92 Å². The molecule has 15 heavy (non-hydrogen) atoms. The van der Waals surface area contributed by atoms with Crippen molar-refractivity contribution in [3.63, 3.8) is 0 Å². The molecule has 2 aromatic rings. The van der Waals surface area contributed by atoms with Crippen molar-refractivity contribution >= 4 is 11.0 Å². The average molecular weight is 202 g/mol. The summed E-state index contributed by atoms with van der Waals surface area (Å²) in [4.78, 5) is 0. The van der Waals surface area contributed by atoms with Crippen LogP contribution in [-0.2, 0) is 6.42 Å². The van der Waals surface area contributed by atoms with E-state index in [4.69, 9.17) is 4.52 Å². The monoisotopic (exact) mass is 202 g/mol. The molecule has 0 bridgehead atoms. The van der Waals surface area contributed by atoms with Crippen molar-refractivity contribution < 1.29 is 4.52 Å². The molecule has 0 aliphatic carbocycles. The minimum atomic E-state index is 0.721. The van der Waals surface area contributed by atoms with Crippen LogP contribution < -0.4 is 5.32 Å². The molecule has 3 rings (SSSR count). The van der Waals surface area contributed by atoms with Gasteiger partial charge in [0, 0.05) is 5.39 Å². The Morgan fingerprint density at radius 3 is 3.20 bits per heavy atom. The van der Waals surface area contributed by atoms with Gasteiger partial charge in [0.05, 0.1) is 5.69 Å². The highest BCUT2D eigenvalue weighted by Gasteiger charge is 2.18. The molecule has 1 atom stereocenters. The number of nitrogens with zero attached hydrogens (tertiary/aromatic N) is 1. The van der Waals surface area contributed by atoms with E-state index in [2.05, 4.69) is 16.5 Å². The molecule has 1 aliphatic heterocycles. The van der Waals surface area contributed by atoms with E-state index >= 15 is 0 Å². The Hall–Kier alpha value is -1.35. The fraction of sp³-hybridized carbons (Fsp3) is 0.417. The average Bonchev–Trinajstić information content (AvgIpc) is 2.89. The molecule has 1 aromatic heterocycles. The summed E-state index contributed by atoms with van der Waals surface area (Å²) in [5.74, 6) is 0.721. The lowest BCUT2D eigenvalue weighted by molar-refractivity contribution is 0.435. The standard InChI is InChI=1S/C12H14N2O/c1-2-4-12-10(3-1)11(14-15-12)7-9-5-6-13-8-9/h1-4,9,13H,5-8H2. The molecule has 1 N–H and O–H groups in total. The van der Waals surface area contributed by atoms with Crippen LogP contribution in [0.15, 0.2) is 28.8 Å². The Morgan fingerprint density at radius 1 is 1.40 bits per heavy atom. The third-order valence-electron chi connectivity index (χ3n) is 3.10. The first-order valence-electron chi connectivity index (χ1n) is 5.47. The highest BCUT2D eigenvalue weighted by Crippen LogP contribution is 2.22. The molecular formula is C12H14N2O. The second kappa shape index (κ2) is 3.66. The van der Waals surface area contributed by atoms with E-state index in [-0.39, 0.29) is 0 Å². The Kier molecular flexibility index (Phi) is 2.18. The maximum Gasteiger partial charge on any atom is 0.167 e. The number of para-hydroxylation sites is 1. The van der Waals surface area contributed by atoms with Crippen LogP contribution in [0.3, 0.4) is 0 Å². The highest BCUT2D eigenvalue weighted by molar-refractivity contribution is 5.79. The number of nitrogens with one attached hydrogen (secondary N) is 1. The van der Waals surface area contributed by atoms with Crippen molar-refractivity contribution in [1.82, 2.24) is 10.5 Å². The van der Waals surface area contributed by atoms with Crippen LogP contribution in [0.4, 0.5) is 0 Å². The molecule has 0 saturated carbocycles. The van der Waals surface area contributed by atoms with E-state index in [1.54, 1.807) is 0 Å². The fourth-order valence-electron chi connectivity index (χ4n) is 2.25. The molecule has 3 heteroatoms. The quantitative estimate of drug-likeness (QED) is 0.809. The van der Waals surface area contributed by atoms with Gasteiger partial charge in [0.1, 0.15) is 0 Å². The minimum Gasteiger partial charge on any atom is -0.356 e. The van der Waals surface area contributed by atoms with E-state index in [1.165, 1.54) is 11.8 Å². The zero-order chi connectivity index (χ0) is 10.1. The largest absolute Gasteiger partial charge is 0.356 e. The zero-order valence-electron chi connectivity index (χ0n) is 8.57. The summed E-state index contributed by atoms with van der Waals surface area (Å²) in [6.45, 7) is 2.25. The van der Waals surface area contributed by atoms with Gasteiger partial charge in [-0.2, -0.15) is 0 Å². The summed E-state index contributed by atoms with van der Waals surface area (Å²) in [5.41, 5.74) is 2.01. The minimum absolute atomic E-state index is 0.721. The Balaban J connectivity index is 1.90. The lowest BCUT2D eigenvalue weighted by Gasteiger charge is -2.04. The number of hydrogen-bond donors (Lipinski definition) is 1. The van der Waals surface area contributed by atoms with Gasteiger partial charge in [0.15, 0.2) is 5.58 Å². The maximum atomic E-state index is 5.29.